The summed E-state index contributed by atoms with van der Waals surface area (Å²) in [7, 11) is 0. The first-order valence-electron chi connectivity index (χ1n) is 9.33. The molecule has 0 aromatic heterocycles. The standard InChI is InChI=1S/C18H34N2O3/c1-3-5-10-17(21)20(16-11-18(22)23-4-2)15-9-8-14-19-12-6-7-13-19/h3-16H2,1-2H3. The minimum Gasteiger partial charge on any atom is -0.466 e. The van der Waals surface area contributed by atoms with Crippen LogP contribution in [-0.2, 0) is 14.3 Å². The summed E-state index contributed by atoms with van der Waals surface area (Å²) >= 11 is 0. The van der Waals surface area contributed by atoms with Gasteiger partial charge in [0.15, 0.2) is 0 Å². The van der Waals surface area contributed by atoms with Crippen molar-refractivity contribution in [3.05, 3.63) is 0 Å². The summed E-state index contributed by atoms with van der Waals surface area (Å²) in [6.07, 6.45) is 7.61. The maximum Gasteiger partial charge on any atom is 0.307 e. The molecule has 0 aromatic rings. The van der Waals surface area contributed by atoms with Crippen molar-refractivity contribution in [2.24, 2.45) is 0 Å². The number of ether oxygens (including phenoxy) is 1. The van der Waals surface area contributed by atoms with Crippen LogP contribution >= 0.6 is 0 Å². The zero-order chi connectivity index (χ0) is 16.9. The monoisotopic (exact) mass is 326 g/mol. The molecule has 0 aromatic carbocycles. The van der Waals surface area contributed by atoms with E-state index in [4.69, 9.17) is 4.74 Å². The molecule has 0 unspecified atom stereocenters. The van der Waals surface area contributed by atoms with E-state index in [1.165, 1.54) is 25.9 Å². The molecule has 1 fully saturated rings. The van der Waals surface area contributed by atoms with Gasteiger partial charge in [0.05, 0.1) is 13.0 Å². The average molecular weight is 326 g/mol. The van der Waals surface area contributed by atoms with Gasteiger partial charge in [0, 0.05) is 19.5 Å². The summed E-state index contributed by atoms with van der Waals surface area (Å²) in [5, 5.41) is 0. The van der Waals surface area contributed by atoms with Crippen LogP contribution in [0, 0.1) is 0 Å². The Hall–Kier alpha value is -1.10. The van der Waals surface area contributed by atoms with Crippen molar-refractivity contribution in [1.82, 2.24) is 9.80 Å². The Labute approximate surface area is 141 Å². The summed E-state index contributed by atoms with van der Waals surface area (Å²) < 4.78 is 4.96. The molecule has 0 atom stereocenters. The smallest absolute Gasteiger partial charge is 0.307 e. The molecule has 0 aliphatic carbocycles. The second-order valence-corrected chi connectivity index (χ2v) is 6.30. The van der Waals surface area contributed by atoms with Crippen molar-refractivity contribution >= 4 is 11.9 Å². The molecule has 0 spiro atoms. The SMILES string of the molecule is CCCCC(=O)N(CCCCN1CCCC1)CCC(=O)OCC. The molecule has 23 heavy (non-hydrogen) atoms. The molecule has 1 aliphatic rings. The first-order valence-corrected chi connectivity index (χ1v) is 9.33. The maximum absolute atomic E-state index is 12.3. The van der Waals surface area contributed by atoms with Gasteiger partial charge in [-0.2, -0.15) is 0 Å². The Balaban J connectivity index is 2.30. The van der Waals surface area contributed by atoms with E-state index >= 15 is 0 Å². The molecule has 0 N–H and O–H groups in total. The fourth-order valence-electron chi connectivity index (χ4n) is 2.95. The summed E-state index contributed by atoms with van der Waals surface area (Å²) in [6, 6.07) is 0. The van der Waals surface area contributed by atoms with Gasteiger partial charge in [0.25, 0.3) is 0 Å². The van der Waals surface area contributed by atoms with Crippen LogP contribution in [0.25, 0.3) is 0 Å². The molecule has 0 radical (unpaired) electrons. The van der Waals surface area contributed by atoms with E-state index in [0.29, 0.717) is 26.0 Å². The van der Waals surface area contributed by atoms with E-state index < -0.39 is 0 Å². The molecule has 1 aliphatic heterocycles. The Morgan fingerprint density at radius 3 is 2.39 bits per heavy atom. The number of carbonyl (C=O) groups excluding carboxylic acids is 2. The highest BCUT2D eigenvalue weighted by Gasteiger charge is 2.15. The molecule has 1 rings (SSSR count). The Bertz CT molecular complexity index is 341. The third-order valence-corrected chi connectivity index (χ3v) is 4.34. The second-order valence-electron chi connectivity index (χ2n) is 6.30. The molecule has 1 saturated heterocycles. The van der Waals surface area contributed by atoms with Crippen LogP contribution < -0.4 is 0 Å². The van der Waals surface area contributed by atoms with Gasteiger partial charge in [0.1, 0.15) is 0 Å². The second kappa shape index (κ2) is 12.3. The number of nitrogens with zero attached hydrogens (tertiary/aromatic N) is 2. The van der Waals surface area contributed by atoms with Gasteiger partial charge in [-0.1, -0.05) is 13.3 Å². The molecule has 5 nitrogen and oxygen atoms in total. The third-order valence-electron chi connectivity index (χ3n) is 4.34. The normalized spacial score (nSPS) is 14.9. The Kier molecular flexibility index (Phi) is 10.7. The number of likely N-dealkylation sites (tertiary alicyclic amines) is 1. The summed E-state index contributed by atoms with van der Waals surface area (Å²) in [6.45, 7) is 9.13. The molecule has 1 amide bonds. The van der Waals surface area contributed by atoms with Crippen molar-refractivity contribution in [3.8, 4) is 0 Å². The van der Waals surface area contributed by atoms with Gasteiger partial charge in [-0.15, -0.1) is 0 Å². The van der Waals surface area contributed by atoms with Crippen LogP contribution in [0.5, 0.6) is 0 Å². The van der Waals surface area contributed by atoms with Crippen molar-refractivity contribution in [2.45, 2.75) is 65.2 Å². The van der Waals surface area contributed by atoms with E-state index in [-0.39, 0.29) is 11.9 Å². The van der Waals surface area contributed by atoms with Crippen LogP contribution in [0.1, 0.15) is 65.2 Å². The summed E-state index contributed by atoms with van der Waals surface area (Å²) in [5.74, 6) is -0.0322. The van der Waals surface area contributed by atoms with Gasteiger partial charge in [-0.25, -0.2) is 0 Å². The fraction of sp³-hybridized carbons (Fsp3) is 0.889. The summed E-state index contributed by atoms with van der Waals surface area (Å²) in [5.41, 5.74) is 0. The van der Waals surface area contributed by atoms with Crippen LogP contribution in [0.15, 0.2) is 0 Å². The van der Waals surface area contributed by atoms with Crippen LogP contribution in [0.3, 0.4) is 0 Å². The van der Waals surface area contributed by atoms with E-state index in [9.17, 15) is 9.59 Å². The Morgan fingerprint density at radius 2 is 1.74 bits per heavy atom. The largest absolute Gasteiger partial charge is 0.466 e. The fourth-order valence-corrected chi connectivity index (χ4v) is 2.95. The molecule has 134 valence electrons. The van der Waals surface area contributed by atoms with E-state index in [1.807, 2.05) is 4.90 Å². The van der Waals surface area contributed by atoms with E-state index in [2.05, 4.69) is 11.8 Å². The average Bonchev–Trinajstić information content (AvgIpc) is 3.05. The highest BCUT2D eigenvalue weighted by molar-refractivity contribution is 5.77. The topological polar surface area (TPSA) is 49.9 Å². The number of esters is 1. The first kappa shape index (κ1) is 19.9. The molecule has 1 heterocycles. The van der Waals surface area contributed by atoms with Crippen LogP contribution in [0.2, 0.25) is 0 Å². The minimum atomic E-state index is -0.210. The predicted octanol–water partition coefficient (Wildman–Crippen LogP) is 2.83. The zero-order valence-electron chi connectivity index (χ0n) is 15.0. The lowest BCUT2D eigenvalue weighted by Gasteiger charge is -2.23. The number of amides is 1. The lowest BCUT2D eigenvalue weighted by molar-refractivity contribution is -0.144. The van der Waals surface area contributed by atoms with Crippen molar-refractivity contribution < 1.29 is 14.3 Å². The number of hydrogen-bond acceptors (Lipinski definition) is 4. The van der Waals surface area contributed by atoms with Crippen molar-refractivity contribution in [3.63, 3.8) is 0 Å². The number of hydrogen-bond donors (Lipinski definition) is 0. The molecular formula is C18H34N2O3. The van der Waals surface area contributed by atoms with Crippen LogP contribution in [0.4, 0.5) is 0 Å². The van der Waals surface area contributed by atoms with E-state index in [1.54, 1.807) is 6.92 Å². The molecule has 0 bridgehead atoms. The zero-order valence-corrected chi connectivity index (χ0v) is 15.0. The number of carbonyl (C=O) groups is 2. The highest BCUT2D eigenvalue weighted by atomic mass is 16.5. The van der Waals surface area contributed by atoms with E-state index in [0.717, 1.165) is 38.8 Å². The van der Waals surface area contributed by atoms with Gasteiger partial charge in [-0.3, -0.25) is 9.59 Å². The van der Waals surface area contributed by atoms with Crippen molar-refractivity contribution in [1.29, 1.82) is 0 Å². The third kappa shape index (κ3) is 8.94. The van der Waals surface area contributed by atoms with Gasteiger partial charge >= 0.3 is 5.97 Å². The van der Waals surface area contributed by atoms with Crippen molar-refractivity contribution in [2.75, 3.05) is 39.3 Å². The minimum absolute atomic E-state index is 0.178. The number of rotatable bonds is 12. The highest BCUT2D eigenvalue weighted by Crippen LogP contribution is 2.09. The molecule has 0 saturated carbocycles. The first-order chi connectivity index (χ1) is 11.2. The number of unbranched alkanes of at least 4 members (excludes halogenated alkanes) is 2. The predicted molar refractivity (Wildman–Crippen MR) is 92.3 cm³/mol. The van der Waals surface area contributed by atoms with Gasteiger partial charge in [-0.05, 0) is 58.7 Å². The Morgan fingerprint density at radius 1 is 1.00 bits per heavy atom. The van der Waals surface area contributed by atoms with Gasteiger partial charge in [0.2, 0.25) is 5.91 Å². The van der Waals surface area contributed by atoms with Gasteiger partial charge < -0.3 is 14.5 Å². The quantitative estimate of drug-likeness (QED) is 0.409. The molecule has 5 heteroatoms. The lowest BCUT2D eigenvalue weighted by atomic mass is 10.2. The maximum atomic E-state index is 12.3. The molecular weight excluding hydrogens is 292 g/mol. The van der Waals surface area contributed by atoms with Crippen LogP contribution in [-0.4, -0.2) is 61.0 Å². The summed E-state index contributed by atoms with van der Waals surface area (Å²) in [4.78, 5) is 28.2. The lowest BCUT2D eigenvalue weighted by Crippen LogP contribution is -2.34.